The molecule has 3 rings (SSSR count). The van der Waals surface area contributed by atoms with E-state index in [1.807, 2.05) is 23.5 Å². The van der Waals surface area contributed by atoms with Crippen molar-refractivity contribution in [2.75, 3.05) is 25.2 Å². The lowest BCUT2D eigenvalue weighted by molar-refractivity contribution is 0.0555. The first-order chi connectivity index (χ1) is 9.30. The first-order valence-corrected chi connectivity index (χ1v) is 9.66. The summed E-state index contributed by atoms with van der Waals surface area (Å²) in [6, 6.07) is 0.563. The van der Waals surface area contributed by atoms with Gasteiger partial charge in [-0.3, -0.25) is 4.99 Å². The van der Waals surface area contributed by atoms with Gasteiger partial charge in [0, 0.05) is 24.2 Å². The van der Waals surface area contributed by atoms with Crippen LogP contribution in [-0.2, 0) is 4.74 Å². The van der Waals surface area contributed by atoms with Gasteiger partial charge in [-0.2, -0.15) is 11.8 Å². The molecule has 0 radical (unpaired) electrons. The third-order valence-electron chi connectivity index (χ3n) is 4.58. The maximum absolute atomic E-state index is 5.47. The van der Waals surface area contributed by atoms with Crippen LogP contribution in [0.5, 0.6) is 0 Å². The van der Waals surface area contributed by atoms with E-state index in [4.69, 9.17) is 9.73 Å². The van der Waals surface area contributed by atoms with Crippen LogP contribution in [-0.4, -0.2) is 47.2 Å². The fourth-order valence-corrected chi connectivity index (χ4v) is 5.21. The Hall–Kier alpha value is 0.130. The second-order valence-electron chi connectivity index (χ2n) is 5.91. The number of thioether (sulfide) groups is 2. The molecule has 3 fully saturated rings. The van der Waals surface area contributed by atoms with Crippen LogP contribution in [0.1, 0.15) is 38.5 Å². The summed E-state index contributed by atoms with van der Waals surface area (Å²) in [6.45, 7) is 1.80. The van der Waals surface area contributed by atoms with Gasteiger partial charge in [-0.05, 0) is 44.8 Å². The zero-order chi connectivity index (χ0) is 13.1. The Morgan fingerprint density at radius 3 is 2.68 bits per heavy atom. The van der Waals surface area contributed by atoms with Crippen molar-refractivity contribution in [3.8, 4) is 0 Å². The minimum Gasteiger partial charge on any atom is -0.381 e. The Labute approximate surface area is 124 Å². The Kier molecular flexibility index (Phi) is 4.65. The molecule has 2 aliphatic heterocycles. The van der Waals surface area contributed by atoms with E-state index in [9.17, 15) is 0 Å². The SMILES string of the molecule is CSC1CCC(N=C2NC3(CCOCC3)CS2)CC1. The molecule has 3 nitrogen and oxygen atoms in total. The average Bonchev–Trinajstić information content (AvgIpc) is 2.83. The Morgan fingerprint density at radius 1 is 1.26 bits per heavy atom. The maximum atomic E-state index is 5.47. The number of ether oxygens (including phenoxy) is 1. The van der Waals surface area contributed by atoms with Crippen molar-refractivity contribution in [1.82, 2.24) is 5.32 Å². The Bertz CT molecular complexity index is 334. The molecular weight excluding hydrogens is 276 g/mol. The number of rotatable bonds is 2. The average molecular weight is 300 g/mol. The van der Waals surface area contributed by atoms with Gasteiger partial charge in [0.05, 0.1) is 11.6 Å². The summed E-state index contributed by atoms with van der Waals surface area (Å²) in [5, 5.41) is 5.79. The molecule has 0 unspecified atom stereocenters. The van der Waals surface area contributed by atoms with E-state index >= 15 is 0 Å². The van der Waals surface area contributed by atoms with Crippen LogP contribution >= 0.6 is 23.5 Å². The fourth-order valence-electron chi connectivity index (χ4n) is 3.18. The van der Waals surface area contributed by atoms with E-state index in [-0.39, 0.29) is 5.54 Å². The molecular formula is C14H24N2OS2. The van der Waals surface area contributed by atoms with Crippen molar-refractivity contribution in [2.45, 2.75) is 55.4 Å². The molecule has 0 aromatic heterocycles. The molecule has 1 spiro atoms. The summed E-state index contributed by atoms with van der Waals surface area (Å²) in [5.74, 6) is 1.18. The van der Waals surface area contributed by atoms with Gasteiger partial charge >= 0.3 is 0 Å². The predicted octanol–water partition coefficient (Wildman–Crippen LogP) is 2.90. The molecule has 5 heteroatoms. The summed E-state index contributed by atoms with van der Waals surface area (Å²) in [5.41, 5.74) is 0.290. The van der Waals surface area contributed by atoms with Crippen molar-refractivity contribution >= 4 is 28.7 Å². The van der Waals surface area contributed by atoms with Gasteiger partial charge in [0.1, 0.15) is 0 Å². The van der Waals surface area contributed by atoms with Gasteiger partial charge in [-0.15, -0.1) is 0 Å². The predicted molar refractivity (Wildman–Crippen MR) is 85.4 cm³/mol. The van der Waals surface area contributed by atoms with Gasteiger partial charge in [0.25, 0.3) is 0 Å². The van der Waals surface area contributed by atoms with Gasteiger partial charge in [-0.1, -0.05) is 11.8 Å². The molecule has 2 saturated heterocycles. The van der Waals surface area contributed by atoms with Crippen LogP contribution in [0.25, 0.3) is 0 Å². The number of nitrogens with one attached hydrogen (secondary N) is 1. The first-order valence-electron chi connectivity index (χ1n) is 7.39. The maximum Gasteiger partial charge on any atom is 0.157 e. The quantitative estimate of drug-likeness (QED) is 0.850. The number of hydrogen-bond donors (Lipinski definition) is 1. The molecule has 19 heavy (non-hydrogen) atoms. The van der Waals surface area contributed by atoms with E-state index in [0.717, 1.165) is 31.3 Å². The van der Waals surface area contributed by atoms with Gasteiger partial charge < -0.3 is 10.1 Å². The molecule has 2 heterocycles. The highest BCUT2D eigenvalue weighted by Crippen LogP contribution is 2.34. The molecule has 0 aromatic carbocycles. The topological polar surface area (TPSA) is 33.6 Å². The van der Waals surface area contributed by atoms with Crippen molar-refractivity contribution in [3.63, 3.8) is 0 Å². The molecule has 0 atom stereocenters. The van der Waals surface area contributed by atoms with E-state index in [1.54, 1.807) is 0 Å². The van der Waals surface area contributed by atoms with Crippen LogP contribution in [0.4, 0.5) is 0 Å². The lowest BCUT2D eigenvalue weighted by Gasteiger charge is -2.32. The van der Waals surface area contributed by atoms with Crippen molar-refractivity contribution in [2.24, 2.45) is 4.99 Å². The van der Waals surface area contributed by atoms with Crippen LogP contribution in [0.15, 0.2) is 4.99 Å². The highest BCUT2D eigenvalue weighted by Gasteiger charge is 2.39. The number of hydrogen-bond acceptors (Lipinski definition) is 4. The lowest BCUT2D eigenvalue weighted by atomic mass is 9.93. The van der Waals surface area contributed by atoms with Crippen molar-refractivity contribution in [1.29, 1.82) is 0 Å². The largest absolute Gasteiger partial charge is 0.381 e. The van der Waals surface area contributed by atoms with E-state index in [2.05, 4.69) is 11.6 Å². The van der Waals surface area contributed by atoms with E-state index < -0.39 is 0 Å². The van der Waals surface area contributed by atoms with E-state index in [1.165, 1.54) is 36.6 Å². The number of aliphatic imine (C=N–C) groups is 1. The summed E-state index contributed by atoms with van der Waals surface area (Å²) >= 11 is 3.95. The van der Waals surface area contributed by atoms with Gasteiger partial charge in [0.2, 0.25) is 0 Å². The Morgan fingerprint density at radius 2 is 2.00 bits per heavy atom. The first kappa shape index (κ1) is 14.1. The summed E-state index contributed by atoms with van der Waals surface area (Å²) in [6.07, 6.45) is 9.73. The summed E-state index contributed by atoms with van der Waals surface area (Å²) < 4.78 is 5.47. The van der Waals surface area contributed by atoms with Crippen LogP contribution in [0.2, 0.25) is 0 Å². The van der Waals surface area contributed by atoms with Crippen LogP contribution in [0, 0.1) is 0 Å². The molecule has 1 aliphatic carbocycles. The van der Waals surface area contributed by atoms with Gasteiger partial charge in [-0.25, -0.2) is 0 Å². The minimum absolute atomic E-state index is 0.290. The lowest BCUT2D eigenvalue weighted by Crippen LogP contribution is -2.48. The normalized spacial score (nSPS) is 36.6. The number of nitrogens with zero attached hydrogens (tertiary/aromatic N) is 1. The van der Waals surface area contributed by atoms with E-state index in [0.29, 0.717) is 6.04 Å². The Balaban J connectivity index is 1.54. The minimum atomic E-state index is 0.290. The van der Waals surface area contributed by atoms with Crippen LogP contribution in [0.3, 0.4) is 0 Å². The van der Waals surface area contributed by atoms with Gasteiger partial charge in [0.15, 0.2) is 5.17 Å². The second kappa shape index (κ2) is 6.27. The molecule has 1 saturated carbocycles. The fraction of sp³-hybridized carbons (Fsp3) is 0.929. The summed E-state index contributed by atoms with van der Waals surface area (Å²) in [4.78, 5) is 4.97. The highest BCUT2D eigenvalue weighted by molar-refractivity contribution is 8.14. The molecule has 1 N–H and O–H groups in total. The smallest absolute Gasteiger partial charge is 0.157 e. The van der Waals surface area contributed by atoms with Crippen molar-refractivity contribution < 1.29 is 4.74 Å². The molecule has 0 aromatic rings. The third-order valence-corrected chi connectivity index (χ3v) is 6.90. The molecule has 0 bridgehead atoms. The highest BCUT2D eigenvalue weighted by atomic mass is 32.2. The molecule has 0 amide bonds. The van der Waals surface area contributed by atoms with Crippen molar-refractivity contribution in [3.05, 3.63) is 0 Å². The summed E-state index contributed by atoms with van der Waals surface area (Å²) in [7, 11) is 0. The molecule has 3 aliphatic rings. The second-order valence-corrected chi connectivity index (χ2v) is 8.01. The zero-order valence-electron chi connectivity index (χ0n) is 11.7. The monoisotopic (exact) mass is 300 g/mol. The van der Waals surface area contributed by atoms with Crippen LogP contribution < -0.4 is 5.32 Å². The molecule has 108 valence electrons. The zero-order valence-corrected chi connectivity index (χ0v) is 13.3. The number of amidine groups is 1. The standard InChI is InChI=1S/C14H24N2OS2/c1-18-12-4-2-11(3-5-12)15-13-16-14(10-19-13)6-8-17-9-7-14/h11-12H,2-10H2,1H3,(H,15,16). The third kappa shape index (κ3) is 3.42.